The Morgan fingerprint density at radius 3 is 2.31 bits per heavy atom. The molecule has 2 aromatic carbocycles. The maximum Gasteiger partial charge on any atom is 0.245 e. The van der Waals surface area contributed by atoms with Crippen molar-refractivity contribution in [3.63, 3.8) is 0 Å². The molecule has 1 N–H and O–H groups in total. The first kappa shape index (κ1) is 18.5. The van der Waals surface area contributed by atoms with Crippen molar-refractivity contribution >= 4 is 21.6 Å². The number of hydrogen-bond donors (Lipinski definition) is 1. The Labute approximate surface area is 150 Å². The molecule has 1 aliphatic heterocycles. The van der Waals surface area contributed by atoms with E-state index in [0.29, 0.717) is 18.3 Å². The molecule has 0 unspecified atom stereocenters. The Hall–Kier alpha value is -2.32. The molecule has 0 saturated carbocycles. The summed E-state index contributed by atoms with van der Waals surface area (Å²) in [6, 6.07) is 7.04. The van der Waals surface area contributed by atoms with E-state index >= 15 is 0 Å². The van der Waals surface area contributed by atoms with Crippen molar-refractivity contribution < 1.29 is 22.0 Å². The summed E-state index contributed by atoms with van der Waals surface area (Å²) in [5.41, 5.74) is 2.71. The lowest BCUT2D eigenvalue weighted by molar-refractivity contribution is -0.118. The second-order valence-corrected chi connectivity index (χ2v) is 8.09. The normalized spacial score (nSPS) is 17.8. The standard InChI is InChI=1S/C18H18F2N2O3S/c1-11-7-12(2)9-13(8-11)22-6-5-17(18(22)23)21-26(24,25)14-3-4-15(19)16(20)10-14/h3-4,7-10,17,21H,5-6H2,1-2H3/t17-/m0/s1. The number of aryl methyl sites for hydroxylation is 2. The number of amides is 1. The van der Waals surface area contributed by atoms with E-state index in [1.54, 1.807) is 0 Å². The Balaban J connectivity index is 1.81. The van der Waals surface area contributed by atoms with Gasteiger partial charge in [0, 0.05) is 12.2 Å². The van der Waals surface area contributed by atoms with Gasteiger partial charge in [0.1, 0.15) is 6.04 Å². The van der Waals surface area contributed by atoms with Crippen LogP contribution >= 0.6 is 0 Å². The van der Waals surface area contributed by atoms with E-state index in [0.717, 1.165) is 23.3 Å². The molecule has 8 heteroatoms. The third kappa shape index (κ3) is 3.61. The fourth-order valence-electron chi connectivity index (χ4n) is 3.05. The van der Waals surface area contributed by atoms with Gasteiger partial charge in [-0.15, -0.1) is 0 Å². The van der Waals surface area contributed by atoms with Crippen LogP contribution in [-0.4, -0.2) is 26.9 Å². The molecule has 3 rings (SSSR count). The quantitative estimate of drug-likeness (QED) is 0.887. The molecule has 138 valence electrons. The van der Waals surface area contributed by atoms with Crippen molar-refractivity contribution in [3.8, 4) is 0 Å². The van der Waals surface area contributed by atoms with Gasteiger partial charge in [0.25, 0.3) is 0 Å². The second-order valence-electron chi connectivity index (χ2n) is 6.37. The van der Waals surface area contributed by atoms with Crippen molar-refractivity contribution in [2.45, 2.75) is 31.2 Å². The minimum absolute atomic E-state index is 0.286. The minimum atomic E-state index is -4.14. The van der Waals surface area contributed by atoms with Crippen LogP contribution in [0.2, 0.25) is 0 Å². The Kier molecular flexibility index (Phi) is 4.81. The number of halogens is 2. The molecule has 1 saturated heterocycles. The number of benzene rings is 2. The Morgan fingerprint density at radius 1 is 1.04 bits per heavy atom. The monoisotopic (exact) mass is 380 g/mol. The topological polar surface area (TPSA) is 66.5 Å². The van der Waals surface area contributed by atoms with Crippen LogP contribution in [0.25, 0.3) is 0 Å². The number of carbonyl (C=O) groups is 1. The molecule has 1 heterocycles. The lowest BCUT2D eigenvalue weighted by Crippen LogP contribution is -2.41. The van der Waals surface area contributed by atoms with E-state index in [1.807, 2.05) is 32.0 Å². The van der Waals surface area contributed by atoms with Crippen LogP contribution < -0.4 is 9.62 Å². The van der Waals surface area contributed by atoms with Crippen LogP contribution in [0.1, 0.15) is 17.5 Å². The molecule has 2 aromatic rings. The van der Waals surface area contributed by atoms with Crippen LogP contribution in [0.15, 0.2) is 41.3 Å². The van der Waals surface area contributed by atoms with Gasteiger partial charge in [0.2, 0.25) is 15.9 Å². The van der Waals surface area contributed by atoms with Gasteiger partial charge in [-0.2, -0.15) is 4.72 Å². The third-order valence-electron chi connectivity index (χ3n) is 4.22. The van der Waals surface area contributed by atoms with Crippen molar-refractivity contribution in [2.24, 2.45) is 0 Å². The Bertz CT molecular complexity index is 956. The molecule has 0 bridgehead atoms. The van der Waals surface area contributed by atoms with Crippen LogP contribution in [0.3, 0.4) is 0 Å². The third-order valence-corrected chi connectivity index (χ3v) is 5.69. The minimum Gasteiger partial charge on any atom is -0.311 e. The molecule has 1 aliphatic rings. The summed E-state index contributed by atoms with van der Waals surface area (Å²) in [5, 5.41) is 0. The molecule has 0 aromatic heterocycles. The van der Waals surface area contributed by atoms with E-state index in [4.69, 9.17) is 0 Å². The zero-order valence-electron chi connectivity index (χ0n) is 14.3. The summed E-state index contributed by atoms with van der Waals surface area (Å²) >= 11 is 0. The molecule has 26 heavy (non-hydrogen) atoms. The number of rotatable bonds is 4. The van der Waals surface area contributed by atoms with E-state index in [2.05, 4.69) is 4.72 Å². The molecule has 1 amide bonds. The first-order chi connectivity index (χ1) is 12.2. The summed E-state index contributed by atoms with van der Waals surface area (Å²) < 4.78 is 53.4. The number of nitrogens with one attached hydrogen (secondary N) is 1. The molecule has 5 nitrogen and oxygen atoms in total. The SMILES string of the molecule is Cc1cc(C)cc(N2CC[C@H](NS(=O)(=O)c3ccc(F)c(F)c3)C2=O)c1. The average Bonchev–Trinajstić information content (AvgIpc) is 2.89. The van der Waals surface area contributed by atoms with Crippen molar-refractivity contribution in [2.75, 3.05) is 11.4 Å². The fourth-order valence-corrected chi connectivity index (χ4v) is 4.29. The van der Waals surface area contributed by atoms with Crippen molar-refractivity contribution in [1.29, 1.82) is 0 Å². The highest BCUT2D eigenvalue weighted by molar-refractivity contribution is 7.89. The summed E-state index contributed by atoms with van der Waals surface area (Å²) in [6.45, 7) is 4.20. The lowest BCUT2D eigenvalue weighted by atomic mass is 10.1. The van der Waals surface area contributed by atoms with Crippen molar-refractivity contribution in [1.82, 2.24) is 4.72 Å². The highest BCUT2D eigenvalue weighted by Crippen LogP contribution is 2.25. The van der Waals surface area contributed by atoms with Crippen LogP contribution in [-0.2, 0) is 14.8 Å². The predicted octanol–water partition coefficient (Wildman–Crippen LogP) is 2.67. The van der Waals surface area contributed by atoms with E-state index in [9.17, 15) is 22.0 Å². The molecule has 0 spiro atoms. The smallest absolute Gasteiger partial charge is 0.245 e. The maximum atomic E-state index is 13.3. The predicted molar refractivity (Wildman–Crippen MR) is 93.4 cm³/mol. The number of hydrogen-bond acceptors (Lipinski definition) is 3. The summed E-state index contributed by atoms with van der Waals surface area (Å²) in [5.74, 6) is -2.77. The largest absolute Gasteiger partial charge is 0.311 e. The number of anilines is 1. The fraction of sp³-hybridized carbons (Fsp3) is 0.278. The van der Waals surface area contributed by atoms with E-state index in [1.165, 1.54) is 4.90 Å². The molecule has 1 atom stereocenters. The number of nitrogens with zero attached hydrogens (tertiary/aromatic N) is 1. The van der Waals surface area contributed by atoms with Gasteiger partial charge in [-0.1, -0.05) is 6.07 Å². The van der Waals surface area contributed by atoms with E-state index < -0.39 is 32.6 Å². The lowest BCUT2D eigenvalue weighted by Gasteiger charge is -2.18. The van der Waals surface area contributed by atoms with Gasteiger partial charge in [0.15, 0.2) is 11.6 Å². The summed E-state index contributed by atoms with van der Waals surface area (Å²) in [4.78, 5) is 13.7. The molecular formula is C18H18F2N2O3S. The molecule has 1 fully saturated rings. The zero-order valence-corrected chi connectivity index (χ0v) is 15.1. The Morgan fingerprint density at radius 2 is 1.69 bits per heavy atom. The maximum absolute atomic E-state index is 13.3. The molecular weight excluding hydrogens is 362 g/mol. The molecule has 0 aliphatic carbocycles. The van der Waals surface area contributed by atoms with Gasteiger partial charge in [-0.3, -0.25) is 4.79 Å². The zero-order chi connectivity index (χ0) is 19.1. The van der Waals surface area contributed by atoms with Crippen LogP contribution in [0.4, 0.5) is 14.5 Å². The van der Waals surface area contributed by atoms with Gasteiger partial charge >= 0.3 is 0 Å². The van der Waals surface area contributed by atoms with Gasteiger partial charge in [0.05, 0.1) is 4.90 Å². The first-order valence-electron chi connectivity index (χ1n) is 8.04. The first-order valence-corrected chi connectivity index (χ1v) is 9.53. The van der Waals surface area contributed by atoms with Crippen molar-refractivity contribution in [3.05, 3.63) is 59.2 Å². The summed E-state index contributed by atoms with van der Waals surface area (Å²) in [6.07, 6.45) is 0.286. The van der Waals surface area contributed by atoms with Crippen LogP contribution in [0, 0.1) is 25.5 Å². The average molecular weight is 380 g/mol. The van der Waals surface area contributed by atoms with Gasteiger partial charge in [-0.05, 0) is 61.7 Å². The van der Waals surface area contributed by atoms with E-state index in [-0.39, 0.29) is 12.3 Å². The van der Waals surface area contributed by atoms with Crippen LogP contribution in [0.5, 0.6) is 0 Å². The van der Waals surface area contributed by atoms with Gasteiger partial charge in [-0.25, -0.2) is 17.2 Å². The second kappa shape index (κ2) is 6.77. The highest BCUT2D eigenvalue weighted by Gasteiger charge is 2.36. The highest BCUT2D eigenvalue weighted by atomic mass is 32.2. The molecule has 0 radical (unpaired) electrons. The van der Waals surface area contributed by atoms with Gasteiger partial charge < -0.3 is 4.90 Å². The number of sulfonamides is 1. The summed E-state index contributed by atoms with van der Waals surface area (Å²) in [7, 11) is -4.14. The number of carbonyl (C=O) groups excluding carboxylic acids is 1.